The first-order valence-corrected chi connectivity index (χ1v) is 7.26. The number of nitrogens with zero attached hydrogens (tertiary/aromatic N) is 1. The predicted octanol–water partition coefficient (Wildman–Crippen LogP) is 2.79. The molecular formula is C18H20FNO4. The van der Waals surface area contributed by atoms with Crippen molar-refractivity contribution in [2.24, 2.45) is 0 Å². The monoisotopic (exact) mass is 333 g/mol. The number of carboxylic acids is 2. The zero-order valence-electron chi connectivity index (χ0n) is 13.6. The van der Waals surface area contributed by atoms with Gasteiger partial charge in [-0.05, 0) is 37.5 Å². The van der Waals surface area contributed by atoms with E-state index in [4.69, 9.17) is 10.2 Å². The molecule has 0 atom stereocenters. The Kier molecular flexibility index (Phi) is 7.58. The molecule has 2 aromatic carbocycles. The Morgan fingerprint density at radius 1 is 1.00 bits per heavy atom. The summed E-state index contributed by atoms with van der Waals surface area (Å²) >= 11 is 0. The van der Waals surface area contributed by atoms with Gasteiger partial charge in [0.15, 0.2) is 0 Å². The molecule has 2 N–H and O–H groups in total. The maximum Gasteiger partial charge on any atom is 0.328 e. The molecule has 0 fully saturated rings. The number of likely N-dealkylation sites (N-methyl/N-ethyl adjacent to an activating group) is 1. The normalized spacial score (nSPS) is 10.7. The summed E-state index contributed by atoms with van der Waals surface area (Å²) in [5.74, 6) is -2.65. The molecule has 0 aliphatic rings. The lowest BCUT2D eigenvalue weighted by Crippen LogP contribution is -2.15. The van der Waals surface area contributed by atoms with E-state index >= 15 is 0 Å². The molecule has 128 valence electrons. The first-order chi connectivity index (χ1) is 11.3. The van der Waals surface area contributed by atoms with E-state index in [1.165, 1.54) is 5.56 Å². The highest BCUT2D eigenvalue weighted by Gasteiger charge is 2.05. The van der Waals surface area contributed by atoms with E-state index in [0.717, 1.165) is 23.7 Å². The van der Waals surface area contributed by atoms with E-state index in [1.807, 2.05) is 44.4 Å². The van der Waals surface area contributed by atoms with Crippen molar-refractivity contribution in [2.45, 2.75) is 6.42 Å². The standard InChI is InChI=1S/C14H16FN.C4H4O4/c1-16(2)10-9-11-7-8-14(15)13-6-4-3-5-12(11)13;5-3(6)1-2-4(7)8/h3-8H,9-10H2,1-2H3;1-2H,(H,5,6)(H,7,8)/b;2-1+. The lowest BCUT2D eigenvalue weighted by Gasteiger charge is -2.11. The fourth-order valence-electron chi connectivity index (χ4n) is 2.03. The molecule has 0 spiro atoms. The number of carbonyl (C=O) groups is 2. The second-order valence-corrected chi connectivity index (χ2v) is 5.32. The molecule has 24 heavy (non-hydrogen) atoms. The molecule has 0 amide bonds. The number of benzene rings is 2. The first kappa shape index (κ1) is 19.3. The van der Waals surface area contributed by atoms with Gasteiger partial charge in [-0.15, -0.1) is 0 Å². The van der Waals surface area contributed by atoms with Crippen LogP contribution in [0.5, 0.6) is 0 Å². The number of halogens is 1. The van der Waals surface area contributed by atoms with Gasteiger partial charge in [-0.3, -0.25) is 0 Å². The fraction of sp³-hybridized carbons (Fsp3) is 0.222. The topological polar surface area (TPSA) is 77.8 Å². The lowest BCUT2D eigenvalue weighted by atomic mass is 10.0. The number of carboxylic acid groups (broad SMARTS) is 2. The van der Waals surface area contributed by atoms with Crippen molar-refractivity contribution in [3.05, 3.63) is 59.9 Å². The van der Waals surface area contributed by atoms with Crippen molar-refractivity contribution in [1.82, 2.24) is 4.90 Å². The number of hydrogen-bond donors (Lipinski definition) is 2. The minimum Gasteiger partial charge on any atom is -0.478 e. The highest BCUT2D eigenvalue weighted by Crippen LogP contribution is 2.22. The van der Waals surface area contributed by atoms with Crippen molar-refractivity contribution in [3.63, 3.8) is 0 Å². The van der Waals surface area contributed by atoms with E-state index in [0.29, 0.717) is 12.2 Å². The van der Waals surface area contributed by atoms with Crippen LogP contribution in [0.4, 0.5) is 4.39 Å². The summed E-state index contributed by atoms with van der Waals surface area (Å²) in [5.41, 5.74) is 1.21. The van der Waals surface area contributed by atoms with Crippen LogP contribution in [0.1, 0.15) is 5.56 Å². The van der Waals surface area contributed by atoms with Crippen LogP contribution in [-0.2, 0) is 16.0 Å². The zero-order chi connectivity index (χ0) is 18.1. The highest BCUT2D eigenvalue weighted by molar-refractivity contribution is 5.89. The molecule has 0 saturated heterocycles. The van der Waals surface area contributed by atoms with E-state index in [9.17, 15) is 14.0 Å². The van der Waals surface area contributed by atoms with Crippen LogP contribution in [0.2, 0.25) is 0 Å². The van der Waals surface area contributed by atoms with Gasteiger partial charge in [-0.25, -0.2) is 14.0 Å². The van der Waals surface area contributed by atoms with E-state index in [-0.39, 0.29) is 5.82 Å². The lowest BCUT2D eigenvalue weighted by molar-refractivity contribution is -0.134. The van der Waals surface area contributed by atoms with Crippen molar-refractivity contribution in [1.29, 1.82) is 0 Å². The zero-order valence-corrected chi connectivity index (χ0v) is 13.6. The molecule has 6 heteroatoms. The number of hydrogen-bond acceptors (Lipinski definition) is 3. The van der Waals surface area contributed by atoms with Gasteiger partial charge in [0.2, 0.25) is 0 Å². The molecular weight excluding hydrogens is 313 g/mol. The van der Waals surface area contributed by atoms with Gasteiger partial charge in [-0.2, -0.15) is 0 Å². The van der Waals surface area contributed by atoms with Crippen LogP contribution in [-0.4, -0.2) is 47.7 Å². The number of aliphatic carboxylic acids is 2. The molecule has 0 saturated carbocycles. The van der Waals surface area contributed by atoms with Gasteiger partial charge in [0.25, 0.3) is 0 Å². The third-order valence-corrected chi connectivity index (χ3v) is 3.16. The molecule has 0 radical (unpaired) electrons. The average Bonchev–Trinajstić information content (AvgIpc) is 2.53. The van der Waals surface area contributed by atoms with Crippen molar-refractivity contribution >= 4 is 22.7 Å². The molecule has 0 aliphatic heterocycles. The highest BCUT2D eigenvalue weighted by atomic mass is 19.1. The largest absolute Gasteiger partial charge is 0.478 e. The van der Waals surface area contributed by atoms with Crippen LogP contribution in [0, 0.1) is 5.82 Å². The van der Waals surface area contributed by atoms with Crippen molar-refractivity contribution < 1.29 is 24.2 Å². The molecule has 0 aromatic heterocycles. The maximum atomic E-state index is 13.6. The summed E-state index contributed by atoms with van der Waals surface area (Å²) in [5, 5.41) is 17.4. The second-order valence-electron chi connectivity index (χ2n) is 5.32. The van der Waals surface area contributed by atoms with Gasteiger partial charge in [0.1, 0.15) is 5.82 Å². The van der Waals surface area contributed by atoms with Crippen molar-refractivity contribution in [3.8, 4) is 0 Å². The van der Waals surface area contributed by atoms with Crippen LogP contribution < -0.4 is 0 Å². The minimum atomic E-state index is -1.26. The molecule has 0 bridgehead atoms. The van der Waals surface area contributed by atoms with Crippen LogP contribution >= 0.6 is 0 Å². The molecule has 2 aromatic rings. The Labute approximate surface area is 139 Å². The van der Waals surface area contributed by atoms with Gasteiger partial charge < -0.3 is 15.1 Å². The summed E-state index contributed by atoms with van der Waals surface area (Å²) in [4.78, 5) is 21.2. The Morgan fingerprint density at radius 3 is 2.04 bits per heavy atom. The van der Waals surface area contributed by atoms with Gasteiger partial charge >= 0.3 is 11.9 Å². The molecule has 0 heterocycles. The van der Waals surface area contributed by atoms with E-state index in [1.54, 1.807) is 6.07 Å². The molecule has 2 rings (SSSR count). The summed E-state index contributed by atoms with van der Waals surface area (Å²) < 4.78 is 13.6. The third kappa shape index (κ3) is 6.58. The molecule has 0 unspecified atom stereocenters. The first-order valence-electron chi connectivity index (χ1n) is 7.26. The van der Waals surface area contributed by atoms with E-state index in [2.05, 4.69) is 4.90 Å². The van der Waals surface area contributed by atoms with Crippen molar-refractivity contribution in [2.75, 3.05) is 20.6 Å². The fourth-order valence-corrected chi connectivity index (χ4v) is 2.03. The van der Waals surface area contributed by atoms with Gasteiger partial charge in [-0.1, -0.05) is 30.3 Å². The Hall–Kier alpha value is -2.73. The Morgan fingerprint density at radius 2 is 1.54 bits per heavy atom. The Bertz CT molecular complexity index is 725. The van der Waals surface area contributed by atoms with Crippen LogP contribution in [0.15, 0.2) is 48.6 Å². The minimum absolute atomic E-state index is 0.135. The third-order valence-electron chi connectivity index (χ3n) is 3.16. The maximum absolute atomic E-state index is 13.6. The predicted molar refractivity (Wildman–Crippen MR) is 90.6 cm³/mol. The smallest absolute Gasteiger partial charge is 0.328 e. The summed E-state index contributed by atoms with van der Waals surface area (Å²) in [6.45, 7) is 0.982. The SMILES string of the molecule is CN(C)CCc1ccc(F)c2ccccc12.O=C(O)/C=C/C(=O)O. The number of rotatable bonds is 5. The van der Waals surface area contributed by atoms with Gasteiger partial charge in [0, 0.05) is 24.1 Å². The molecule has 5 nitrogen and oxygen atoms in total. The van der Waals surface area contributed by atoms with Crippen LogP contribution in [0.3, 0.4) is 0 Å². The number of fused-ring (bicyclic) bond motifs is 1. The second kappa shape index (κ2) is 9.42. The van der Waals surface area contributed by atoms with E-state index < -0.39 is 11.9 Å². The quantitative estimate of drug-likeness (QED) is 0.823. The van der Waals surface area contributed by atoms with Gasteiger partial charge in [0.05, 0.1) is 0 Å². The Balaban J connectivity index is 0.000000307. The summed E-state index contributed by atoms with van der Waals surface area (Å²) in [7, 11) is 4.09. The average molecular weight is 333 g/mol. The summed E-state index contributed by atoms with van der Waals surface area (Å²) in [6, 6.07) is 11.1. The summed E-state index contributed by atoms with van der Waals surface area (Å²) in [6.07, 6.45) is 2.07. The van der Waals surface area contributed by atoms with Crippen LogP contribution in [0.25, 0.3) is 10.8 Å². The molecule has 0 aliphatic carbocycles.